The third-order valence-corrected chi connectivity index (χ3v) is 11.9. The molecule has 8 aromatic carbocycles. The van der Waals surface area contributed by atoms with Crippen LogP contribution in [-0.4, -0.2) is 5.71 Å². The molecular formula is C54H42N2S. The fourth-order valence-electron chi connectivity index (χ4n) is 7.74. The van der Waals surface area contributed by atoms with Crippen LogP contribution in [0.4, 0.5) is 17.1 Å². The molecule has 1 atom stereocenters. The lowest BCUT2D eigenvalue weighted by Crippen LogP contribution is -2.14. The van der Waals surface area contributed by atoms with E-state index in [4.69, 9.17) is 4.99 Å². The number of aliphatic imine (C=N–C) groups is 1. The molecule has 1 heterocycles. The van der Waals surface area contributed by atoms with E-state index in [1.54, 1.807) is 0 Å². The average molecular weight is 751 g/mol. The molecule has 0 spiro atoms. The zero-order valence-electron chi connectivity index (χ0n) is 31.9. The summed E-state index contributed by atoms with van der Waals surface area (Å²) in [5.74, 6) is -0.0279. The molecule has 0 aliphatic carbocycles. The van der Waals surface area contributed by atoms with Crippen LogP contribution in [0.25, 0.3) is 27.5 Å². The van der Waals surface area contributed by atoms with Gasteiger partial charge < -0.3 is 4.90 Å². The Morgan fingerprint density at radius 2 is 1.19 bits per heavy atom. The van der Waals surface area contributed by atoms with Crippen LogP contribution in [0.5, 0.6) is 0 Å². The summed E-state index contributed by atoms with van der Waals surface area (Å²) in [6, 6.07) is 71.6. The van der Waals surface area contributed by atoms with E-state index in [2.05, 4.69) is 213 Å². The highest BCUT2D eigenvalue weighted by atomic mass is 32.2. The lowest BCUT2D eigenvalue weighted by molar-refractivity contribution is 0.777. The van der Waals surface area contributed by atoms with Crippen molar-refractivity contribution in [2.75, 3.05) is 4.90 Å². The SMILES string of the molecule is C=C(/C=C(\N=C(/C)c1ccccc1)C(Cc1ccc(-c2ccc3c(c2)N(c2ccccc2)c2ccccc2S3)cc1)c1ccc2ccccc2c1)c1ccccc1. The molecule has 274 valence electrons. The van der Waals surface area contributed by atoms with Crippen LogP contribution in [-0.2, 0) is 6.42 Å². The van der Waals surface area contributed by atoms with Crippen LogP contribution in [0, 0.1) is 0 Å². The van der Waals surface area contributed by atoms with Gasteiger partial charge in [-0.15, -0.1) is 0 Å². The van der Waals surface area contributed by atoms with Crippen molar-refractivity contribution in [2.45, 2.75) is 29.1 Å². The molecule has 0 N–H and O–H groups in total. The highest BCUT2D eigenvalue weighted by molar-refractivity contribution is 7.99. The molecule has 0 amide bonds. The van der Waals surface area contributed by atoms with Crippen molar-refractivity contribution in [3.8, 4) is 11.1 Å². The minimum Gasteiger partial charge on any atom is -0.308 e. The van der Waals surface area contributed by atoms with E-state index in [-0.39, 0.29) is 5.92 Å². The van der Waals surface area contributed by atoms with E-state index in [1.807, 2.05) is 23.9 Å². The summed E-state index contributed by atoms with van der Waals surface area (Å²) in [6.07, 6.45) is 2.97. The summed E-state index contributed by atoms with van der Waals surface area (Å²) in [7, 11) is 0. The number of hydrogen-bond acceptors (Lipinski definition) is 3. The Labute approximate surface area is 340 Å². The Hall–Kier alpha value is -6.68. The maximum absolute atomic E-state index is 5.43. The molecule has 0 radical (unpaired) electrons. The molecule has 8 aromatic rings. The molecule has 3 heteroatoms. The van der Waals surface area contributed by atoms with Crippen molar-refractivity contribution in [3.05, 3.63) is 241 Å². The van der Waals surface area contributed by atoms with Gasteiger partial charge in [-0.2, -0.15) is 0 Å². The fourth-order valence-corrected chi connectivity index (χ4v) is 8.78. The number of rotatable bonds is 10. The molecule has 0 fully saturated rings. The van der Waals surface area contributed by atoms with Gasteiger partial charge in [-0.1, -0.05) is 182 Å². The van der Waals surface area contributed by atoms with Crippen molar-refractivity contribution in [1.29, 1.82) is 0 Å². The van der Waals surface area contributed by atoms with Crippen LogP contribution >= 0.6 is 11.8 Å². The third-order valence-electron chi connectivity index (χ3n) is 10.8. The van der Waals surface area contributed by atoms with Crippen LogP contribution < -0.4 is 4.90 Å². The smallest absolute Gasteiger partial charge is 0.0607 e. The van der Waals surface area contributed by atoms with Crippen molar-refractivity contribution in [1.82, 2.24) is 0 Å². The van der Waals surface area contributed by atoms with Crippen LogP contribution in [0.15, 0.2) is 233 Å². The second-order valence-corrected chi connectivity index (χ2v) is 15.6. The largest absolute Gasteiger partial charge is 0.308 e. The Morgan fingerprint density at radius 1 is 0.579 bits per heavy atom. The molecule has 1 unspecified atom stereocenters. The van der Waals surface area contributed by atoms with E-state index in [0.29, 0.717) is 0 Å². The average Bonchev–Trinajstić information content (AvgIpc) is 3.28. The van der Waals surface area contributed by atoms with E-state index < -0.39 is 0 Å². The zero-order valence-corrected chi connectivity index (χ0v) is 32.7. The quantitative estimate of drug-likeness (QED) is 0.102. The summed E-state index contributed by atoms with van der Waals surface area (Å²) in [6.45, 7) is 6.65. The molecule has 57 heavy (non-hydrogen) atoms. The molecule has 0 aromatic heterocycles. The number of para-hydroxylation sites is 2. The van der Waals surface area contributed by atoms with Gasteiger partial charge in [0.25, 0.3) is 0 Å². The Balaban J connectivity index is 1.10. The first kappa shape index (κ1) is 36.0. The summed E-state index contributed by atoms with van der Waals surface area (Å²) < 4.78 is 0. The molecule has 9 rings (SSSR count). The molecule has 2 nitrogen and oxygen atoms in total. The first-order chi connectivity index (χ1) is 28.1. The summed E-state index contributed by atoms with van der Waals surface area (Å²) in [5, 5.41) is 2.45. The van der Waals surface area contributed by atoms with Gasteiger partial charge in [0, 0.05) is 32.8 Å². The first-order valence-electron chi connectivity index (χ1n) is 19.5. The first-order valence-corrected chi connectivity index (χ1v) is 20.3. The number of nitrogens with zero attached hydrogens (tertiary/aromatic N) is 2. The Kier molecular flexibility index (Phi) is 10.2. The topological polar surface area (TPSA) is 15.6 Å². The van der Waals surface area contributed by atoms with Crippen molar-refractivity contribution in [3.63, 3.8) is 0 Å². The Morgan fingerprint density at radius 3 is 1.95 bits per heavy atom. The second kappa shape index (κ2) is 16.2. The van der Waals surface area contributed by atoms with Gasteiger partial charge in [0.15, 0.2) is 0 Å². The normalized spacial score (nSPS) is 13.2. The van der Waals surface area contributed by atoms with E-state index in [9.17, 15) is 0 Å². The van der Waals surface area contributed by atoms with Gasteiger partial charge in [-0.05, 0) is 106 Å². The Bertz CT molecular complexity index is 2750. The standard InChI is InChI=1S/C54H42N2S/c1-38(41-16-6-3-7-17-41)34-50(55-39(2)42-18-8-4-9-19-42)49(47-31-30-43-20-12-13-21-45(43)36-47)35-40-26-28-44(29-27-40)46-32-33-54-52(37-46)56(48-22-10-5-11-23-48)51-24-14-15-25-53(51)57-54/h3-34,36-37,49H,1,35H2,2H3/b50-34-,55-39+. The lowest BCUT2D eigenvalue weighted by Gasteiger charge is -2.33. The summed E-state index contributed by atoms with van der Waals surface area (Å²) in [5.41, 5.74) is 13.5. The lowest BCUT2D eigenvalue weighted by atomic mass is 9.86. The number of hydrogen-bond donors (Lipinski definition) is 0. The maximum atomic E-state index is 5.43. The van der Waals surface area contributed by atoms with E-state index in [1.165, 1.54) is 54.2 Å². The molecular weight excluding hydrogens is 709 g/mol. The predicted molar refractivity (Wildman–Crippen MR) is 243 cm³/mol. The van der Waals surface area contributed by atoms with Crippen LogP contribution in [0.2, 0.25) is 0 Å². The predicted octanol–water partition coefficient (Wildman–Crippen LogP) is 14.9. The number of allylic oxidation sites excluding steroid dienone is 3. The van der Waals surface area contributed by atoms with Crippen molar-refractivity contribution in [2.24, 2.45) is 4.99 Å². The monoisotopic (exact) mass is 750 g/mol. The summed E-state index contributed by atoms with van der Waals surface area (Å²) in [4.78, 5) is 10.3. The summed E-state index contributed by atoms with van der Waals surface area (Å²) >= 11 is 1.84. The molecule has 0 bridgehead atoms. The van der Waals surface area contributed by atoms with Crippen LogP contribution in [0.3, 0.4) is 0 Å². The molecule has 1 aliphatic rings. The van der Waals surface area contributed by atoms with Gasteiger partial charge >= 0.3 is 0 Å². The highest BCUT2D eigenvalue weighted by Crippen LogP contribution is 2.52. The van der Waals surface area contributed by atoms with Gasteiger partial charge in [-0.25, -0.2) is 0 Å². The number of fused-ring (bicyclic) bond motifs is 3. The zero-order chi connectivity index (χ0) is 38.6. The fraction of sp³-hybridized carbons (Fsp3) is 0.0556. The minimum atomic E-state index is -0.0279. The van der Waals surface area contributed by atoms with E-state index in [0.717, 1.165) is 40.2 Å². The molecule has 0 saturated carbocycles. The third kappa shape index (κ3) is 7.76. The van der Waals surface area contributed by atoms with Gasteiger partial charge in [-0.3, -0.25) is 4.99 Å². The number of benzene rings is 8. The molecule has 0 saturated heterocycles. The molecule has 1 aliphatic heterocycles. The van der Waals surface area contributed by atoms with Gasteiger partial charge in [0.2, 0.25) is 0 Å². The van der Waals surface area contributed by atoms with Crippen LogP contribution in [0.1, 0.15) is 35.1 Å². The second-order valence-electron chi connectivity index (χ2n) is 14.5. The van der Waals surface area contributed by atoms with Gasteiger partial charge in [0.05, 0.1) is 11.4 Å². The number of anilines is 3. The van der Waals surface area contributed by atoms with Gasteiger partial charge in [0.1, 0.15) is 0 Å². The highest BCUT2D eigenvalue weighted by Gasteiger charge is 2.25. The van der Waals surface area contributed by atoms with E-state index >= 15 is 0 Å². The van der Waals surface area contributed by atoms with Crippen molar-refractivity contribution < 1.29 is 0 Å². The minimum absolute atomic E-state index is 0.0279. The maximum Gasteiger partial charge on any atom is 0.0607 e. The van der Waals surface area contributed by atoms with Crippen molar-refractivity contribution >= 4 is 50.9 Å².